The van der Waals surface area contributed by atoms with Crippen LogP contribution < -0.4 is 5.32 Å². The van der Waals surface area contributed by atoms with E-state index in [0.29, 0.717) is 28.6 Å². The number of hydrogen-bond acceptors (Lipinski definition) is 4. The number of hydrogen-bond donors (Lipinski definition) is 1. The molecule has 0 aliphatic carbocycles. The molecule has 2 heterocycles. The summed E-state index contributed by atoms with van der Waals surface area (Å²) in [6.45, 7) is 2.16. The predicted octanol–water partition coefficient (Wildman–Crippen LogP) is 5.45. The second-order valence-electron chi connectivity index (χ2n) is 5.91. The van der Waals surface area contributed by atoms with E-state index in [0.717, 1.165) is 21.2 Å². The van der Waals surface area contributed by atoms with Gasteiger partial charge in [0.05, 0.1) is 0 Å². The highest BCUT2D eigenvalue weighted by molar-refractivity contribution is 7.17. The Hall–Kier alpha value is -2.63. The third-order valence-electron chi connectivity index (χ3n) is 4.19. The van der Waals surface area contributed by atoms with Crippen LogP contribution in [0.5, 0.6) is 0 Å². The minimum atomic E-state index is -0.205. The molecule has 2 aromatic heterocycles. The number of halogens is 1. The molecule has 0 bridgehead atoms. The summed E-state index contributed by atoms with van der Waals surface area (Å²) in [6.07, 6.45) is 0. The van der Waals surface area contributed by atoms with Crippen LogP contribution in [-0.2, 0) is 6.54 Å². The number of nitrogens with one attached hydrogen (secondary N) is 1. The standard InChI is InChI=1S/C20H15ClN2O2S/c1-12-18(19(23-25-12)13-5-3-2-4-6-13)20(24)22-10-14-11-26-17-8-7-15(21)9-16(14)17/h2-9,11H,10H2,1H3,(H,22,24). The highest BCUT2D eigenvalue weighted by Gasteiger charge is 2.21. The topological polar surface area (TPSA) is 55.1 Å². The molecular weight excluding hydrogens is 368 g/mol. The zero-order valence-corrected chi connectivity index (χ0v) is 15.5. The molecule has 0 aliphatic heterocycles. The van der Waals surface area contributed by atoms with Crippen molar-refractivity contribution in [1.29, 1.82) is 0 Å². The number of nitrogens with zero attached hydrogens (tertiary/aromatic N) is 1. The van der Waals surface area contributed by atoms with E-state index in [1.165, 1.54) is 0 Å². The van der Waals surface area contributed by atoms with Gasteiger partial charge < -0.3 is 9.84 Å². The van der Waals surface area contributed by atoms with E-state index in [2.05, 4.69) is 10.5 Å². The van der Waals surface area contributed by atoms with Crippen molar-refractivity contribution in [2.24, 2.45) is 0 Å². The van der Waals surface area contributed by atoms with Crippen LogP contribution in [0.2, 0.25) is 5.02 Å². The Bertz CT molecular complexity index is 1090. The molecule has 0 saturated heterocycles. The largest absolute Gasteiger partial charge is 0.360 e. The molecule has 4 aromatic rings. The van der Waals surface area contributed by atoms with Crippen molar-refractivity contribution in [2.45, 2.75) is 13.5 Å². The summed E-state index contributed by atoms with van der Waals surface area (Å²) in [7, 11) is 0. The molecule has 26 heavy (non-hydrogen) atoms. The molecular formula is C20H15ClN2O2S. The molecule has 6 heteroatoms. The van der Waals surface area contributed by atoms with Crippen molar-refractivity contribution < 1.29 is 9.32 Å². The molecule has 1 N–H and O–H groups in total. The number of fused-ring (bicyclic) bond motifs is 1. The number of amides is 1. The fourth-order valence-corrected chi connectivity index (χ4v) is 4.00. The lowest BCUT2D eigenvalue weighted by Crippen LogP contribution is -2.23. The molecule has 130 valence electrons. The molecule has 0 radical (unpaired) electrons. The van der Waals surface area contributed by atoms with Gasteiger partial charge in [0.25, 0.3) is 5.91 Å². The van der Waals surface area contributed by atoms with Gasteiger partial charge in [-0.15, -0.1) is 11.3 Å². The van der Waals surface area contributed by atoms with Crippen molar-refractivity contribution in [2.75, 3.05) is 0 Å². The van der Waals surface area contributed by atoms with Crippen LogP contribution in [0, 0.1) is 6.92 Å². The van der Waals surface area contributed by atoms with Crippen LogP contribution in [0.3, 0.4) is 0 Å². The van der Waals surface area contributed by atoms with Crippen molar-refractivity contribution in [1.82, 2.24) is 10.5 Å². The first-order chi connectivity index (χ1) is 12.6. The van der Waals surface area contributed by atoms with Gasteiger partial charge in [-0.2, -0.15) is 0 Å². The molecule has 4 rings (SSSR count). The minimum Gasteiger partial charge on any atom is -0.360 e. The molecule has 1 amide bonds. The highest BCUT2D eigenvalue weighted by atomic mass is 35.5. The van der Waals surface area contributed by atoms with Gasteiger partial charge in [0.15, 0.2) is 0 Å². The van der Waals surface area contributed by atoms with Gasteiger partial charge in [-0.05, 0) is 41.5 Å². The molecule has 0 spiro atoms. The van der Waals surface area contributed by atoms with E-state index in [9.17, 15) is 4.79 Å². The Balaban J connectivity index is 1.59. The predicted molar refractivity (Wildman–Crippen MR) is 105 cm³/mol. The van der Waals surface area contributed by atoms with Gasteiger partial charge in [-0.25, -0.2) is 0 Å². The first-order valence-corrected chi connectivity index (χ1v) is 9.35. The zero-order valence-electron chi connectivity index (χ0n) is 14.0. The Morgan fingerprint density at radius 1 is 1.23 bits per heavy atom. The lowest BCUT2D eigenvalue weighted by molar-refractivity contribution is 0.0950. The average molecular weight is 383 g/mol. The van der Waals surface area contributed by atoms with Gasteiger partial charge in [0.2, 0.25) is 0 Å². The molecule has 0 unspecified atom stereocenters. The first kappa shape index (κ1) is 16.8. The van der Waals surface area contributed by atoms with Crippen molar-refractivity contribution in [3.8, 4) is 11.3 Å². The smallest absolute Gasteiger partial charge is 0.257 e. The monoisotopic (exact) mass is 382 g/mol. The molecule has 0 saturated carbocycles. The van der Waals surface area contributed by atoms with E-state index in [1.807, 2.05) is 53.9 Å². The Kier molecular flexibility index (Phi) is 4.49. The summed E-state index contributed by atoms with van der Waals surface area (Å²) in [4.78, 5) is 12.8. The van der Waals surface area contributed by atoms with Crippen molar-refractivity contribution in [3.63, 3.8) is 0 Å². The maximum Gasteiger partial charge on any atom is 0.257 e. The van der Waals surface area contributed by atoms with Crippen LogP contribution in [0.1, 0.15) is 21.7 Å². The van der Waals surface area contributed by atoms with Gasteiger partial charge >= 0.3 is 0 Å². The SMILES string of the molecule is Cc1onc(-c2ccccc2)c1C(=O)NCc1csc2ccc(Cl)cc12. The molecule has 2 aromatic carbocycles. The fraction of sp³-hybridized carbons (Fsp3) is 0.100. The van der Waals surface area contributed by atoms with E-state index in [1.54, 1.807) is 18.3 Å². The number of aryl methyl sites for hydroxylation is 1. The summed E-state index contributed by atoms with van der Waals surface area (Å²) < 4.78 is 6.41. The van der Waals surface area contributed by atoms with Crippen LogP contribution >= 0.6 is 22.9 Å². The van der Waals surface area contributed by atoms with Gasteiger partial charge in [-0.1, -0.05) is 47.1 Å². The third kappa shape index (κ3) is 3.11. The van der Waals surface area contributed by atoms with Crippen LogP contribution in [0.25, 0.3) is 21.3 Å². The highest BCUT2D eigenvalue weighted by Crippen LogP contribution is 2.29. The number of carbonyl (C=O) groups is 1. The van der Waals surface area contributed by atoms with E-state index in [-0.39, 0.29) is 5.91 Å². The van der Waals surface area contributed by atoms with Crippen LogP contribution in [0.15, 0.2) is 58.4 Å². The van der Waals surface area contributed by atoms with Crippen molar-refractivity contribution in [3.05, 3.63) is 75.8 Å². The number of carbonyl (C=O) groups excluding carboxylic acids is 1. The molecule has 0 atom stereocenters. The number of thiophene rings is 1. The van der Waals surface area contributed by atoms with Gasteiger partial charge in [0, 0.05) is 21.8 Å². The maximum absolute atomic E-state index is 12.8. The first-order valence-electron chi connectivity index (χ1n) is 8.09. The molecule has 0 aliphatic rings. The Morgan fingerprint density at radius 3 is 2.85 bits per heavy atom. The van der Waals surface area contributed by atoms with Crippen molar-refractivity contribution >= 4 is 38.9 Å². The zero-order chi connectivity index (χ0) is 18.1. The second-order valence-corrected chi connectivity index (χ2v) is 7.26. The number of aromatic nitrogens is 1. The quantitative estimate of drug-likeness (QED) is 0.510. The normalized spacial score (nSPS) is 11.0. The second kappa shape index (κ2) is 6.94. The maximum atomic E-state index is 12.8. The summed E-state index contributed by atoms with van der Waals surface area (Å²) in [5.41, 5.74) is 2.91. The van der Waals surface area contributed by atoms with Crippen LogP contribution in [0.4, 0.5) is 0 Å². The van der Waals surface area contributed by atoms with Gasteiger partial charge in [0.1, 0.15) is 17.0 Å². The number of benzene rings is 2. The average Bonchev–Trinajstić information content (AvgIpc) is 3.23. The lowest BCUT2D eigenvalue weighted by Gasteiger charge is -2.06. The third-order valence-corrected chi connectivity index (χ3v) is 5.44. The van der Waals surface area contributed by atoms with E-state index < -0.39 is 0 Å². The fourth-order valence-electron chi connectivity index (χ4n) is 2.89. The van der Waals surface area contributed by atoms with Gasteiger partial charge in [-0.3, -0.25) is 4.79 Å². The van der Waals surface area contributed by atoms with E-state index >= 15 is 0 Å². The minimum absolute atomic E-state index is 0.205. The summed E-state index contributed by atoms with van der Waals surface area (Å²) in [5.74, 6) is 0.295. The molecule has 4 nitrogen and oxygen atoms in total. The molecule has 0 fully saturated rings. The Labute approximate surface area is 159 Å². The lowest BCUT2D eigenvalue weighted by atomic mass is 10.1. The van der Waals surface area contributed by atoms with E-state index in [4.69, 9.17) is 16.1 Å². The van der Waals surface area contributed by atoms with Crippen LogP contribution in [-0.4, -0.2) is 11.1 Å². The summed E-state index contributed by atoms with van der Waals surface area (Å²) in [6, 6.07) is 15.3. The summed E-state index contributed by atoms with van der Waals surface area (Å²) in [5, 5.41) is 10.8. The Morgan fingerprint density at radius 2 is 2.04 bits per heavy atom. The number of rotatable bonds is 4. The summed E-state index contributed by atoms with van der Waals surface area (Å²) >= 11 is 7.73.